The largest absolute Gasteiger partial charge is 0.494 e. The first-order valence-electron chi connectivity index (χ1n) is 7.57. The van der Waals surface area contributed by atoms with Crippen LogP contribution in [0, 0.1) is 18.2 Å². The number of halogens is 1. The zero-order valence-corrected chi connectivity index (χ0v) is 12.9. The van der Waals surface area contributed by atoms with E-state index in [2.05, 4.69) is 5.92 Å². The molecule has 0 saturated carbocycles. The standard InChI is InChI=1S/C20H15FO3/c1-2-3-4-11-23-16-8-5-14(6-9-16)19-13-18(22)17-10-7-15(21)12-20(17)24-19/h1,5-10,12-13H,3-4,11H2. The third-order valence-corrected chi connectivity index (χ3v) is 3.56. The van der Waals surface area contributed by atoms with E-state index in [0.29, 0.717) is 35.5 Å². The van der Waals surface area contributed by atoms with E-state index in [4.69, 9.17) is 15.6 Å². The third-order valence-electron chi connectivity index (χ3n) is 3.56. The van der Waals surface area contributed by atoms with Crippen LogP contribution >= 0.6 is 0 Å². The summed E-state index contributed by atoms with van der Waals surface area (Å²) < 4.78 is 24.6. The van der Waals surface area contributed by atoms with Crippen LogP contribution in [-0.4, -0.2) is 6.61 Å². The van der Waals surface area contributed by atoms with Gasteiger partial charge in [0.05, 0.1) is 12.0 Å². The third kappa shape index (κ3) is 3.47. The molecular weight excluding hydrogens is 307 g/mol. The van der Waals surface area contributed by atoms with Gasteiger partial charge in [0.25, 0.3) is 0 Å². The van der Waals surface area contributed by atoms with Crippen molar-refractivity contribution in [1.29, 1.82) is 0 Å². The van der Waals surface area contributed by atoms with Crippen molar-refractivity contribution in [2.45, 2.75) is 12.8 Å². The summed E-state index contributed by atoms with van der Waals surface area (Å²) in [5.41, 5.74) is 0.738. The molecule has 0 bridgehead atoms. The lowest BCUT2D eigenvalue weighted by Crippen LogP contribution is -2.00. The van der Waals surface area contributed by atoms with E-state index in [0.717, 1.165) is 6.42 Å². The Morgan fingerprint density at radius 1 is 1.12 bits per heavy atom. The number of rotatable bonds is 5. The maximum atomic E-state index is 13.3. The van der Waals surface area contributed by atoms with Gasteiger partial charge in [0.2, 0.25) is 0 Å². The predicted octanol–water partition coefficient (Wildman–Crippen LogP) is 4.39. The first-order valence-corrected chi connectivity index (χ1v) is 7.57. The van der Waals surface area contributed by atoms with E-state index in [1.54, 1.807) is 24.3 Å². The zero-order chi connectivity index (χ0) is 16.9. The van der Waals surface area contributed by atoms with Crippen LogP contribution in [0.2, 0.25) is 0 Å². The van der Waals surface area contributed by atoms with E-state index < -0.39 is 5.82 Å². The molecule has 4 heteroatoms. The van der Waals surface area contributed by atoms with Crippen LogP contribution in [0.1, 0.15) is 12.8 Å². The Labute approximate surface area is 138 Å². The Bertz CT molecular complexity index is 949. The molecule has 2 aromatic carbocycles. The molecule has 3 rings (SSSR count). The SMILES string of the molecule is C#CCCCOc1ccc(-c2cc(=O)c3ccc(F)cc3o2)cc1. The monoisotopic (exact) mass is 322 g/mol. The number of unbranched alkanes of at least 4 members (excludes halogenated alkanes) is 1. The Kier molecular flexibility index (Phi) is 4.62. The van der Waals surface area contributed by atoms with Crippen molar-refractivity contribution < 1.29 is 13.5 Å². The highest BCUT2D eigenvalue weighted by Gasteiger charge is 2.08. The number of hydrogen-bond donors (Lipinski definition) is 0. The topological polar surface area (TPSA) is 39.4 Å². The van der Waals surface area contributed by atoms with Gasteiger partial charge in [-0.2, -0.15) is 0 Å². The second kappa shape index (κ2) is 7.01. The van der Waals surface area contributed by atoms with Crippen molar-refractivity contribution in [3.8, 4) is 29.4 Å². The maximum absolute atomic E-state index is 13.3. The molecule has 3 aromatic rings. The molecule has 0 spiro atoms. The minimum atomic E-state index is -0.446. The fraction of sp³-hybridized carbons (Fsp3) is 0.150. The van der Waals surface area contributed by atoms with E-state index in [-0.39, 0.29) is 11.0 Å². The van der Waals surface area contributed by atoms with Gasteiger partial charge in [-0.15, -0.1) is 12.3 Å². The lowest BCUT2D eigenvalue weighted by atomic mass is 10.1. The summed E-state index contributed by atoms with van der Waals surface area (Å²) in [4.78, 5) is 12.1. The predicted molar refractivity (Wildman–Crippen MR) is 91.4 cm³/mol. The van der Waals surface area contributed by atoms with Crippen molar-refractivity contribution in [3.63, 3.8) is 0 Å². The first kappa shape index (κ1) is 15.8. The molecule has 0 aliphatic carbocycles. The Balaban J connectivity index is 1.85. The molecule has 0 atom stereocenters. The van der Waals surface area contributed by atoms with E-state index in [1.165, 1.54) is 24.3 Å². The van der Waals surface area contributed by atoms with Gasteiger partial charge < -0.3 is 9.15 Å². The summed E-state index contributed by atoms with van der Waals surface area (Å²) in [5, 5.41) is 0.355. The first-order chi connectivity index (χ1) is 11.7. The molecule has 0 saturated heterocycles. The molecule has 0 amide bonds. The van der Waals surface area contributed by atoms with Gasteiger partial charge in [0, 0.05) is 24.1 Å². The van der Waals surface area contributed by atoms with Crippen molar-refractivity contribution >= 4 is 11.0 Å². The van der Waals surface area contributed by atoms with Crippen molar-refractivity contribution in [3.05, 3.63) is 64.6 Å². The van der Waals surface area contributed by atoms with Gasteiger partial charge >= 0.3 is 0 Å². The van der Waals surface area contributed by atoms with Crippen LogP contribution in [0.25, 0.3) is 22.3 Å². The number of hydrogen-bond acceptors (Lipinski definition) is 3. The van der Waals surface area contributed by atoms with Crippen LogP contribution in [0.3, 0.4) is 0 Å². The van der Waals surface area contributed by atoms with Crippen molar-refractivity contribution in [2.75, 3.05) is 6.61 Å². The molecule has 0 unspecified atom stereocenters. The summed E-state index contributed by atoms with van der Waals surface area (Å²) in [5.74, 6) is 3.21. The van der Waals surface area contributed by atoms with E-state index in [9.17, 15) is 9.18 Å². The summed E-state index contributed by atoms with van der Waals surface area (Å²) in [7, 11) is 0. The Morgan fingerprint density at radius 2 is 1.92 bits per heavy atom. The van der Waals surface area contributed by atoms with Crippen LogP contribution in [0.4, 0.5) is 4.39 Å². The summed E-state index contributed by atoms with van der Waals surface area (Å²) in [6.45, 7) is 0.549. The minimum Gasteiger partial charge on any atom is -0.494 e. The Morgan fingerprint density at radius 3 is 2.67 bits per heavy atom. The molecule has 24 heavy (non-hydrogen) atoms. The molecule has 0 fully saturated rings. The molecule has 3 nitrogen and oxygen atoms in total. The summed E-state index contributed by atoms with van der Waals surface area (Å²) >= 11 is 0. The van der Waals surface area contributed by atoms with E-state index >= 15 is 0 Å². The van der Waals surface area contributed by atoms with Gasteiger partial charge in [0.1, 0.15) is 22.9 Å². The van der Waals surface area contributed by atoms with Gasteiger partial charge in [-0.05, 0) is 42.8 Å². The number of fused-ring (bicyclic) bond motifs is 1. The Hall–Kier alpha value is -3.06. The molecule has 1 aromatic heterocycles. The highest BCUT2D eigenvalue weighted by atomic mass is 19.1. The van der Waals surface area contributed by atoms with E-state index in [1.807, 2.05) is 0 Å². The minimum absolute atomic E-state index is 0.208. The molecule has 1 heterocycles. The summed E-state index contributed by atoms with van der Waals surface area (Å²) in [6, 6.07) is 12.5. The van der Waals surface area contributed by atoms with Gasteiger partial charge in [-0.25, -0.2) is 4.39 Å². The zero-order valence-electron chi connectivity index (χ0n) is 12.9. The second-order valence-corrected chi connectivity index (χ2v) is 5.30. The average Bonchev–Trinajstić information content (AvgIpc) is 2.59. The molecule has 120 valence electrons. The van der Waals surface area contributed by atoms with Crippen molar-refractivity contribution in [1.82, 2.24) is 0 Å². The molecule has 0 N–H and O–H groups in total. The van der Waals surface area contributed by atoms with Gasteiger partial charge in [-0.3, -0.25) is 4.79 Å². The molecule has 0 aliphatic heterocycles. The fourth-order valence-corrected chi connectivity index (χ4v) is 2.35. The number of benzene rings is 2. The summed E-state index contributed by atoms with van der Waals surface area (Å²) in [6.07, 6.45) is 6.66. The number of ether oxygens (including phenoxy) is 1. The van der Waals surface area contributed by atoms with Crippen LogP contribution in [0.15, 0.2) is 57.7 Å². The maximum Gasteiger partial charge on any atom is 0.193 e. The quantitative estimate of drug-likeness (QED) is 0.516. The van der Waals surface area contributed by atoms with Crippen molar-refractivity contribution in [2.24, 2.45) is 0 Å². The molecular formula is C20H15FO3. The highest BCUT2D eigenvalue weighted by molar-refractivity contribution is 5.78. The normalized spacial score (nSPS) is 10.5. The smallest absolute Gasteiger partial charge is 0.193 e. The van der Waals surface area contributed by atoms with Crippen LogP contribution < -0.4 is 10.2 Å². The lowest BCUT2D eigenvalue weighted by molar-refractivity contribution is 0.313. The lowest BCUT2D eigenvalue weighted by Gasteiger charge is -2.07. The second-order valence-electron chi connectivity index (χ2n) is 5.30. The van der Waals surface area contributed by atoms with Crippen LogP contribution in [-0.2, 0) is 0 Å². The van der Waals surface area contributed by atoms with Gasteiger partial charge in [0.15, 0.2) is 5.43 Å². The fourth-order valence-electron chi connectivity index (χ4n) is 2.35. The van der Waals surface area contributed by atoms with Gasteiger partial charge in [-0.1, -0.05) is 0 Å². The molecule has 0 aliphatic rings. The average molecular weight is 322 g/mol. The highest BCUT2D eigenvalue weighted by Crippen LogP contribution is 2.24. The molecule has 0 radical (unpaired) electrons. The van der Waals surface area contributed by atoms with Crippen LogP contribution in [0.5, 0.6) is 5.75 Å². The number of terminal acetylenes is 1.